The third-order valence-electron chi connectivity index (χ3n) is 3.25. The molecule has 4 N–H and O–H groups in total. The fourth-order valence-electron chi connectivity index (χ4n) is 2.02. The Morgan fingerprint density at radius 1 is 1.32 bits per heavy atom. The van der Waals surface area contributed by atoms with E-state index in [0.717, 1.165) is 10.9 Å². The van der Waals surface area contributed by atoms with Crippen LogP contribution in [0.3, 0.4) is 0 Å². The first-order valence-electron chi connectivity index (χ1n) is 7.02. The molecule has 0 aliphatic rings. The second kappa shape index (κ2) is 6.87. The Kier molecular flexibility index (Phi) is 4.91. The molecule has 5 nitrogen and oxygen atoms in total. The van der Waals surface area contributed by atoms with Crippen LogP contribution in [0, 0.1) is 0 Å². The molecule has 0 bridgehead atoms. The summed E-state index contributed by atoms with van der Waals surface area (Å²) in [4.78, 5) is 9.00. The van der Waals surface area contributed by atoms with Gasteiger partial charge in [-0.05, 0) is 25.1 Å². The first kappa shape index (κ1) is 15.7. The van der Waals surface area contributed by atoms with Crippen molar-refractivity contribution in [3.63, 3.8) is 0 Å². The molecule has 1 atom stereocenters. The van der Waals surface area contributed by atoms with Crippen LogP contribution in [0.1, 0.15) is 12.7 Å². The van der Waals surface area contributed by atoms with Crippen molar-refractivity contribution < 1.29 is 5.11 Å². The summed E-state index contributed by atoms with van der Waals surface area (Å²) >= 11 is 0. The van der Waals surface area contributed by atoms with Crippen LogP contribution in [0.15, 0.2) is 55.3 Å². The van der Waals surface area contributed by atoms with Gasteiger partial charge in [0.05, 0.1) is 11.1 Å². The Labute approximate surface area is 129 Å². The summed E-state index contributed by atoms with van der Waals surface area (Å²) < 4.78 is 0. The Hall–Kier alpha value is -2.66. The maximum absolute atomic E-state index is 9.93. The zero-order valence-electron chi connectivity index (χ0n) is 12.6. The first-order valence-corrected chi connectivity index (χ1v) is 7.02. The number of aromatic nitrogens is 2. The van der Waals surface area contributed by atoms with E-state index in [1.54, 1.807) is 0 Å². The molecule has 0 saturated heterocycles. The molecule has 0 radical (unpaired) electrons. The first-order chi connectivity index (χ1) is 10.6. The van der Waals surface area contributed by atoms with E-state index in [-0.39, 0.29) is 11.8 Å². The Bertz CT molecular complexity index is 737. The largest absolute Gasteiger partial charge is 0.507 e. The van der Waals surface area contributed by atoms with E-state index in [9.17, 15) is 5.11 Å². The summed E-state index contributed by atoms with van der Waals surface area (Å²) in [5, 5.41) is 14.1. The van der Waals surface area contributed by atoms with E-state index in [2.05, 4.69) is 28.4 Å². The van der Waals surface area contributed by atoms with Gasteiger partial charge in [-0.2, -0.15) is 0 Å². The summed E-state index contributed by atoms with van der Waals surface area (Å²) in [5.74, 6) is 1.05. The van der Waals surface area contributed by atoms with E-state index in [1.165, 1.54) is 12.2 Å². The minimum Gasteiger partial charge on any atom is -0.507 e. The third kappa shape index (κ3) is 3.15. The van der Waals surface area contributed by atoms with E-state index in [0.29, 0.717) is 23.8 Å². The van der Waals surface area contributed by atoms with Crippen LogP contribution in [0.5, 0.6) is 0 Å². The summed E-state index contributed by atoms with van der Waals surface area (Å²) in [5.41, 5.74) is 6.88. The SMILES string of the molecule is C=C/C(O)=C(\C=C)c1nc(N[C@@H](C)CN)c2ccccc2n1. The summed E-state index contributed by atoms with van der Waals surface area (Å²) in [6.07, 6.45) is 2.85. The van der Waals surface area contributed by atoms with Crippen LogP contribution in [-0.4, -0.2) is 27.7 Å². The molecule has 2 aromatic rings. The van der Waals surface area contributed by atoms with Gasteiger partial charge < -0.3 is 16.2 Å². The summed E-state index contributed by atoms with van der Waals surface area (Å²) in [6, 6.07) is 7.73. The van der Waals surface area contributed by atoms with Gasteiger partial charge in [-0.3, -0.25) is 0 Å². The van der Waals surface area contributed by atoms with Gasteiger partial charge in [-0.1, -0.05) is 31.4 Å². The average Bonchev–Trinajstić information content (AvgIpc) is 2.55. The molecular formula is C17H20N4O. The molecule has 1 aromatic heterocycles. The van der Waals surface area contributed by atoms with E-state index in [4.69, 9.17) is 5.73 Å². The third-order valence-corrected chi connectivity index (χ3v) is 3.25. The van der Waals surface area contributed by atoms with Gasteiger partial charge in [0.2, 0.25) is 0 Å². The van der Waals surface area contributed by atoms with Crippen molar-refractivity contribution in [1.82, 2.24) is 9.97 Å². The molecule has 2 rings (SSSR count). The quantitative estimate of drug-likeness (QED) is 0.563. The highest BCUT2D eigenvalue weighted by Gasteiger charge is 2.13. The number of benzene rings is 1. The predicted molar refractivity (Wildman–Crippen MR) is 91.6 cm³/mol. The molecule has 0 amide bonds. The van der Waals surface area contributed by atoms with Crippen molar-refractivity contribution in [2.24, 2.45) is 5.73 Å². The van der Waals surface area contributed by atoms with Crippen molar-refractivity contribution in [2.45, 2.75) is 13.0 Å². The van der Waals surface area contributed by atoms with Crippen LogP contribution in [0.4, 0.5) is 5.82 Å². The lowest BCUT2D eigenvalue weighted by Gasteiger charge is -2.15. The standard InChI is InChI=1S/C17H20N4O/c1-4-12(15(22)5-2)16-20-14-9-7-6-8-13(14)17(21-16)19-11(3)10-18/h4-9,11,22H,1-2,10,18H2,3H3,(H,19,20,21)/b15-12-/t11-/m0/s1. The zero-order valence-corrected chi connectivity index (χ0v) is 12.6. The molecule has 0 aliphatic carbocycles. The van der Waals surface area contributed by atoms with Crippen molar-refractivity contribution in [2.75, 3.05) is 11.9 Å². The Balaban J connectivity index is 2.67. The molecule has 1 aromatic carbocycles. The smallest absolute Gasteiger partial charge is 0.165 e. The van der Waals surface area contributed by atoms with Gasteiger partial charge >= 0.3 is 0 Å². The monoisotopic (exact) mass is 296 g/mol. The van der Waals surface area contributed by atoms with Crippen molar-refractivity contribution in [3.8, 4) is 0 Å². The maximum Gasteiger partial charge on any atom is 0.165 e. The van der Waals surface area contributed by atoms with Crippen LogP contribution in [-0.2, 0) is 0 Å². The maximum atomic E-state index is 9.93. The van der Waals surface area contributed by atoms with Crippen LogP contribution in [0.25, 0.3) is 16.5 Å². The molecule has 0 aliphatic heterocycles. The van der Waals surface area contributed by atoms with Gasteiger partial charge in [0.1, 0.15) is 11.6 Å². The predicted octanol–water partition coefficient (Wildman–Crippen LogP) is 3.03. The van der Waals surface area contributed by atoms with Crippen LogP contribution in [0.2, 0.25) is 0 Å². The number of nitrogens with two attached hydrogens (primary N) is 1. The molecule has 0 saturated carbocycles. The van der Waals surface area contributed by atoms with Gasteiger partial charge in [0.25, 0.3) is 0 Å². The number of hydrogen-bond acceptors (Lipinski definition) is 5. The van der Waals surface area contributed by atoms with Crippen molar-refractivity contribution in [3.05, 3.63) is 61.2 Å². The van der Waals surface area contributed by atoms with Crippen molar-refractivity contribution >= 4 is 22.3 Å². The number of allylic oxidation sites excluding steroid dienone is 3. The molecule has 5 heteroatoms. The number of anilines is 1. The number of hydrogen-bond donors (Lipinski definition) is 3. The van der Waals surface area contributed by atoms with Gasteiger partial charge in [0.15, 0.2) is 5.82 Å². The second-order valence-corrected chi connectivity index (χ2v) is 4.90. The molecule has 1 heterocycles. The normalized spacial score (nSPS) is 13.4. The molecule has 0 unspecified atom stereocenters. The van der Waals surface area contributed by atoms with E-state index in [1.807, 2.05) is 31.2 Å². The van der Waals surface area contributed by atoms with Gasteiger partial charge in [0, 0.05) is 18.0 Å². The Morgan fingerprint density at radius 3 is 2.68 bits per heavy atom. The number of aliphatic hydroxyl groups is 1. The van der Waals surface area contributed by atoms with E-state index < -0.39 is 0 Å². The number of fused-ring (bicyclic) bond motifs is 1. The lowest BCUT2D eigenvalue weighted by atomic mass is 10.1. The van der Waals surface area contributed by atoms with Gasteiger partial charge in [-0.25, -0.2) is 9.97 Å². The molecule has 0 spiro atoms. The van der Waals surface area contributed by atoms with Gasteiger partial charge in [-0.15, -0.1) is 0 Å². The summed E-state index contributed by atoms with van der Waals surface area (Å²) in [6.45, 7) is 9.72. The lowest BCUT2D eigenvalue weighted by Crippen LogP contribution is -2.26. The topological polar surface area (TPSA) is 84.1 Å². The minimum absolute atomic E-state index is 0.0110. The molecule has 114 valence electrons. The molecule has 22 heavy (non-hydrogen) atoms. The number of rotatable bonds is 6. The lowest BCUT2D eigenvalue weighted by molar-refractivity contribution is 0.435. The number of nitrogens with zero attached hydrogens (tertiary/aromatic N) is 2. The highest BCUT2D eigenvalue weighted by Crippen LogP contribution is 2.25. The number of nitrogens with one attached hydrogen (secondary N) is 1. The zero-order chi connectivity index (χ0) is 16.1. The average molecular weight is 296 g/mol. The number of para-hydroxylation sites is 1. The van der Waals surface area contributed by atoms with E-state index >= 15 is 0 Å². The summed E-state index contributed by atoms with van der Waals surface area (Å²) in [7, 11) is 0. The molecular weight excluding hydrogens is 276 g/mol. The van der Waals surface area contributed by atoms with Crippen LogP contribution < -0.4 is 11.1 Å². The Morgan fingerprint density at radius 2 is 2.05 bits per heavy atom. The highest BCUT2D eigenvalue weighted by atomic mass is 16.3. The molecule has 0 fully saturated rings. The number of aliphatic hydroxyl groups excluding tert-OH is 1. The fraction of sp³-hybridized carbons (Fsp3) is 0.176. The van der Waals surface area contributed by atoms with Crippen LogP contribution >= 0.6 is 0 Å². The second-order valence-electron chi connectivity index (χ2n) is 4.90. The van der Waals surface area contributed by atoms with Crippen molar-refractivity contribution in [1.29, 1.82) is 0 Å². The minimum atomic E-state index is -0.0110. The fourth-order valence-corrected chi connectivity index (χ4v) is 2.02. The highest BCUT2D eigenvalue weighted by molar-refractivity contribution is 5.91.